The van der Waals surface area contributed by atoms with Gasteiger partial charge in [-0.3, -0.25) is 9.69 Å². The van der Waals surface area contributed by atoms with Crippen molar-refractivity contribution in [3.05, 3.63) is 89.5 Å². The highest BCUT2D eigenvalue weighted by Crippen LogP contribution is 2.39. The minimum atomic E-state index is -0.258. The number of ether oxygens (including phenoxy) is 3. The number of rotatable bonds is 9. The van der Waals surface area contributed by atoms with Crippen LogP contribution in [-0.4, -0.2) is 62.5 Å². The number of likely N-dealkylation sites (tertiary alicyclic amines) is 1. The highest BCUT2D eigenvalue weighted by Gasteiger charge is 2.36. The maximum atomic E-state index is 13.8. The van der Waals surface area contributed by atoms with E-state index in [2.05, 4.69) is 35.2 Å². The summed E-state index contributed by atoms with van der Waals surface area (Å²) in [6, 6.07) is 24.0. The molecule has 2 aliphatic rings. The molecule has 7 nitrogen and oxygen atoms in total. The fourth-order valence-corrected chi connectivity index (χ4v) is 5.59. The average molecular weight is 528 g/mol. The number of piperidine rings is 1. The largest absolute Gasteiger partial charge is 0.497 e. The minimum Gasteiger partial charge on any atom is -0.497 e. The number of nitrogens with zero attached hydrogens (tertiary/aromatic N) is 3. The Labute approximate surface area is 231 Å². The van der Waals surface area contributed by atoms with Crippen molar-refractivity contribution in [1.82, 2.24) is 9.91 Å². The molecule has 39 heavy (non-hydrogen) atoms. The first-order valence-corrected chi connectivity index (χ1v) is 13.6. The van der Waals surface area contributed by atoms with Gasteiger partial charge < -0.3 is 14.2 Å². The Bertz CT molecular complexity index is 1280. The maximum Gasteiger partial charge on any atom is 0.257 e. The highest BCUT2D eigenvalue weighted by molar-refractivity contribution is 6.03. The second kappa shape index (κ2) is 12.3. The molecule has 1 saturated heterocycles. The minimum absolute atomic E-state index is 0.00268. The molecule has 0 unspecified atom stereocenters. The van der Waals surface area contributed by atoms with Gasteiger partial charge in [-0.2, -0.15) is 5.10 Å². The van der Waals surface area contributed by atoms with E-state index in [0.717, 1.165) is 54.9 Å². The molecule has 3 aromatic rings. The topological polar surface area (TPSA) is 63.6 Å². The van der Waals surface area contributed by atoms with Gasteiger partial charge >= 0.3 is 0 Å². The lowest BCUT2D eigenvalue weighted by atomic mass is 9.90. The first-order valence-electron chi connectivity index (χ1n) is 13.6. The van der Waals surface area contributed by atoms with E-state index in [1.165, 1.54) is 5.56 Å². The van der Waals surface area contributed by atoms with Crippen molar-refractivity contribution in [2.75, 3.05) is 41.0 Å². The van der Waals surface area contributed by atoms with Crippen molar-refractivity contribution in [2.24, 2.45) is 11.0 Å². The van der Waals surface area contributed by atoms with Crippen LogP contribution < -0.4 is 14.2 Å². The van der Waals surface area contributed by atoms with E-state index in [9.17, 15) is 4.79 Å². The van der Waals surface area contributed by atoms with E-state index < -0.39 is 0 Å². The summed E-state index contributed by atoms with van der Waals surface area (Å²) in [5, 5.41) is 6.54. The molecule has 204 valence electrons. The molecule has 2 heterocycles. The van der Waals surface area contributed by atoms with Gasteiger partial charge in [0.2, 0.25) is 0 Å². The summed E-state index contributed by atoms with van der Waals surface area (Å²) in [4.78, 5) is 16.0. The predicted octanol–water partition coefficient (Wildman–Crippen LogP) is 5.34. The summed E-state index contributed by atoms with van der Waals surface area (Å²) in [6.07, 6.45) is 3.89. The zero-order valence-corrected chi connectivity index (χ0v) is 23.0. The van der Waals surface area contributed by atoms with Crippen LogP contribution in [0.25, 0.3) is 0 Å². The molecule has 0 radical (unpaired) electrons. The van der Waals surface area contributed by atoms with Gasteiger partial charge in [0.15, 0.2) is 0 Å². The Balaban J connectivity index is 1.32. The van der Waals surface area contributed by atoms with Gasteiger partial charge in [0.1, 0.15) is 17.2 Å². The fraction of sp³-hybridized carbons (Fsp3) is 0.375. The van der Waals surface area contributed by atoms with Gasteiger partial charge in [-0.1, -0.05) is 30.3 Å². The number of benzene rings is 3. The average Bonchev–Trinajstić information content (AvgIpc) is 3.44. The lowest BCUT2D eigenvalue weighted by Crippen LogP contribution is -2.42. The second-order valence-corrected chi connectivity index (χ2v) is 10.3. The molecule has 0 spiro atoms. The van der Waals surface area contributed by atoms with Crippen LogP contribution in [0.4, 0.5) is 0 Å². The van der Waals surface area contributed by atoms with E-state index in [4.69, 9.17) is 19.3 Å². The molecular formula is C32H37N3O4. The molecule has 5 rings (SSSR count). The summed E-state index contributed by atoms with van der Waals surface area (Å²) in [5.41, 5.74) is 4.15. The summed E-state index contributed by atoms with van der Waals surface area (Å²) in [6.45, 7) is 2.19. The molecule has 0 bridgehead atoms. The van der Waals surface area contributed by atoms with Gasteiger partial charge in [0.25, 0.3) is 5.91 Å². The molecular weight excluding hydrogens is 490 g/mol. The Morgan fingerprint density at radius 1 is 0.872 bits per heavy atom. The fourth-order valence-electron chi connectivity index (χ4n) is 5.59. The van der Waals surface area contributed by atoms with Gasteiger partial charge in [-0.05, 0) is 85.8 Å². The Morgan fingerprint density at radius 2 is 1.56 bits per heavy atom. The number of carbonyl (C=O) groups is 1. The van der Waals surface area contributed by atoms with Crippen LogP contribution in [0.3, 0.4) is 0 Å². The van der Waals surface area contributed by atoms with Crippen LogP contribution in [0.15, 0.2) is 77.9 Å². The predicted molar refractivity (Wildman–Crippen MR) is 153 cm³/mol. The second-order valence-electron chi connectivity index (χ2n) is 10.3. The third-order valence-electron chi connectivity index (χ3n) is 7.82. The third-order valence-corrected chi connectivity index (χ3v) is 7.82. The van der Waals surface area contributed by atoms with E-state index >= 15 is 0 Å². The maximum absolute atomic E-state index is 13.8. The normalized spacial score (nSPS) is 18.1. The molecule has 0 saturated carbocycles. The van der Waals surface area contributed by atoms with Crippen molar-refractivity contribution in [3.8, 4) is 17.2 Å². The number of amides is 1. The van der Waals surface area contributed by atoms with E-state index in [-0.39, 0.29) is 11.9 Å². The molecule has 1 atom stereocenters. The number of carbonyl (C=O) groups excluding carboxylic acids is 1. The Kier molecular flexibility index (Phi) is 8.47. The number of hydrogen-bond donors (Lipinski definition) is 0. The first kappa shape index (κ1) is 26.8. The van der Waals surface area contributed by atoms with E-state index in [1.807, 2.05) is 42.5 Å². The van der Waals surface area contributed by atoms with Crippen LogP contribution in [0.5, 0.6) is 17.2 Å². The number of hydrogen-bond acceptors (Lipinski definition) is 6. The monoisotopic (exact) mass is 527 g/mol. The molecule has 3 aromatic carbocycles. The van der Waals surface area contributed by atoms with E-state index in [0.29, 0.717) is 30.4 Å². The third kappa shape index (κ3) is 6.25. The van der Waals surface area contributed by atoms with Crippen LogP contribution in [0, 0.1) is 5.92 Å². The lowest BCUT2D eigenvalue weighted by Gasteiger charge is -2.33. The summed E-state index contributed by atoms with van der Waals surface area (Å²) in [5.74, 6) is 2.84. The first-order chi connectivity index (χ1) is 19.1. The zero-order chi connectivity index (χ0) is 27.2. The molecule has 0 aliphatic carbocycles. The van der Waals surface area contributed by atoms with Crippen molar-refractivity contribution < 1.29 is 19.0 Å². The smallest absolute Gasteiger partial charge is 0.257 e. The molecule has 7 heteroatoms. The van der Waals surface area contributed by atoms with Crippen LogP contribution in [-0.2, 0) is 11.2 Å². The summed E-state index contributed by atoms with van der Waals surface area (Å²) in [7, 11) is 4.93. The van der Waals surface area contributed by atoms with Crippen LogP contribution in [0.1, 0.15) is 42.0 Å². The molecule has 1 fully saturated rings. The Hall–Kier alpha value is -3.84. The SMILES string of the molecule is COc1ccc(C2=NN(C(=O)CN3CCC(Cc4ccccc4)CC3)[C@H](c3ccc(OC)cc3OC)C2)cc1. The molecule has 1 amide bonds. The summed E-state index contributed by atoms with van der Waals surface area (Å²) >= 11 is 0. The van der Waals surface area contributed by atoms with Gasteiger partial charge in [0, 0.05) is 18.1 Å². The van der Waals surface area contributed by atoms with Crippen molar-refractivity contribution in [2.45, 2.75) is 31.7 Å². The zero-order valence-electron chi connectivity index (χ0n) is 23.0. The highest BCUT2D eigenvalue weighted by atomic mass is 16.5. The molecule has 2 aliphatic heterocycles. The van der Waals surface area contributed by atoms with E-state index in [1.54, 1.807) is 26.3 Å². The number of hydrazone groups is 1. The van der Waals surface area contributed by atoms with Crippen molar-refractivity contribution in [3.63, 3.8) is 0 Å². The standard InChI is InChI=1S/C32H37N3O4/c1-37-26-11-9-25(10-12-26)29-21-30(28-14-13-27(38-2)20-31(28)39-3)35(33-29)32(36)22-34-17-15-24(16-18-34)19-23-7-5-4-6-8-23/h4-14,20,24,30H,15-19,21-22H2,1-3H3/t30-/m0/s1. The quantitative estimate of drug-likeness (QED) is 0.376. The van der Waals surface area contributed by atoms with Crippen molar-refractivity contribution >= 4 is 11.6 Å². The molecule has 0 aromatic heterocycles. The number of methoxy groups -OCH3 is 3. The van der Waals surface area contributed by atoms with Gasteiger partial charge in [-0.15, -0.1) is 0 Å². The summed E-state index contributed by atoms with van der Waals surface area (Å²) < 4.78 is 16.4. The Morgan fingerprint density at radius 3 is 2.23 bits per heavy atom. The lowest BCUT2D eigenvalue weighted by molar-refractivity contribution is -0.134. The van der Waals surface area contributed by atoms with Gasteiger partial charge in [-0.25, -0.2) is 5.01 Å². The van der Waals surface area contributed by atoms with Gasteiger partial charge in [0.05, 0.1) is 39.6 Å². The van der Waals surface area contributed by atoms with Crippen LogP contribution in [0.2, 0.25) is 0 Å². The molecule has 0 N–H and O–H groups in total. The van der Waals surface area contributed by atoms with Crippen molar-refractivity contribution in [1.29, 1.82) is 0 Å². The van der Waals surface area contributed by atoms with Crippen LogP contribution >= 0.6 is 0 Å².